The van der Waals surface area contributed by atoms with Gasteiger partial charge in [0.25, 0.3) is 0 Å². The Kier molecular flexibility index (Phi) is 7.42. The molecule has 56 heavy (non-hydrogen) atoms. The summed E-state index contributed by atoms with van der Waals surface area (Å²) in [5.74, 6) is 1.89. The normalized spacial score (nSPS) is 13.6. The predicted octanol–water partition coefficient (Wildman–Crippen LogP) is 14.5. The van der Waals surface area contributed by atoms with E-state index in [2.05, 4.69) is 42.4 Å². The third-order valence-corrected chi connectivity index (χ3v) is 9.07. The molecule has 1 heterocycles. The summed E-state index contributed by atoms with van der Waals surface area (Å²) >= 11 is 0. The lowest BCUT2D eigenvalue weighted by Gasteiger charge is -2.27. The molecule has 0 amide bonds. The minimum atomic E-state index is -0.563. The molecule has 2 N–H and O–H groups in total. The molecule has 0 aliphatic heterocycles. The van der Waals surface area contributed by atoms with Gasteiger partial charge in [0.1, 0.15) is 17.3 Å². The zero-order valence-electron chi connectivity index (χ0n) is 41.1. The molecule has 0 bridgehead atoms. The van der Waals surface area contributed by atoms with Crippen molar-refractivity contribution in [3.05, 3.63) is 206 Å². The summed E-state index contributed by atoms with van der Waals surface area (Å²) in [5, 5.41) is 6.82. The first-order valence-corrected chi connectivity index (χ1v) is 18.1. The molecule has 7 aromatic carbocycles. The largest absolute Gasteiger partial charge is 0.457 e. The second-order valence-corrected chi connectivity index (χ2v) is 14.0. The Morgan fingerprint density at radius 3 is 1.79 bits per heavy atom. The molecule has 5 nitrogen and oxygen atoms in total. The van der Waals surface area contributed by atoms with Crippen LogP contribution in [0, 0.1) is 0 Å². The van der Waals surface area contributed by atoms with Crippen LogP contribution in [0.2, 0.25) is 0 Å². The van der Waals surface area contributed by atoms with Crippen LogP contribution in [0.15, 0.2) is 200 Å². The maximum atomic E-state index is 8.85. The van der Waals surface area contributed by atoms with E-state index < -0.39 is 60.4 Å². The number of rotatable bonds is 11. The van der Waals surface area contributed by atoms with Gasteiger partial charge in [-0.15, -0.1) is 0 Å². The molecule has 0 spiro atoms. The van der Waals surface area contributed by atoms with Crippen LogP contribution < -0.4 is 20.3 Å². The first-order valence-electron chi connectivity index (χ1n) is 23.1. The summed E-state index contributed by atoms with van der Waals surface area (Å²) in [6.07, 6.45) is 1.83. The fourth-order valence-corrected chi connectivity index (χ4v) is 6.32. The molecule has 8 rings (SSSR count). The first-order chi connectivity index (χ1) is 31.5. The molecule has 8 aromatic rings. The Hall–Kier alpha value is -7.11. The Labute approximate surface area is 344 Å². The van der Waals surface area contributed by atoms with Crippen LogP contribution in [0.5, 0.6) is 11.5 Å². The number of para-hydroxylation sites is 4. The van der Waals surface area contributed by atoms with E-state index in [1.807, 2.05) is 103 Å². The number of nitrogens with one attached hydrogen (secondary N) is 2. The molecular formula is C51H44N4O. The topological polar surface area (TPSA) is 49.4 Å². The summed E-state index contributed by atoms with van der Waals surface area (Å²) < 4.78 is 92.0. The second kappa shape index (κ2) is 16.1. The monoisotopic (exact) mass is 738 g/mol. The van der Waals surface area contributed by atoms with E-state index in [0.29, 0.717) is 28.6 Å². The lowest BCUT2D eigenvalue weighted by molar-refractivity contribution is 0.483. The van der Waals surface area contributed by atoms with Gasteiger partial charge in [-0.3, -0.25) is 4.90 Å². The Balaban J connectivity index is 1.16. The van der Waals surface area contributed by atoms with Crippen molar-refractivity contribution in [3.63, 3.8) is 0 Å². The van der Waals surface area contributed by atoms with Gasteiger partial charge in [-0.2, -0.15) is 0 Å². The molecule has 5 heteroatoms. The van der Waals surface area contributed by atoms with Crippen molar-refractivity contribution in [1.82, 2.24) is 4.98 Å². The number of benzene rings is 7. The fourth-order valence-electron chi connectivity index (χ4n) is 6.32. The summed E-state index contributed by atoms with van der Waals surface area (Å²) in [5.41, 5.74) is 4.74. The average Bonchev–Trinajstić information content (AvgIpc) is 3.31. The summed E-state index contributed by atoms with van der Waals surface area (Å²) in [6.45, 7) is 6.51. The van der Waals surface area contributed by atoms with Crippen molar-refractivity contribution in [2.75, 3.05) is 15.5 Å². The number of hydrogen-bond donors (Lipinski definition) is 2. The molecule has 0 unspecified atom stereocenters. The number of nitrogens with zero attached hydrogens (tertiary/aromatic N) is 2. The molecule has 0 aliphatic carbocycles. The average molecular weight is 739 g/mol. The van der Waals surface area contributed by atoms with Crippen LogP contribution in [-0.2, 0) is 5.41 Å². The van der Waals surface area contributed by atoms with Gasteiger partial charge in [-0.1, -0.05) is 142 Å². The van der Waals surface area contributed by atoms with Gasteiger partial charge < -0.3 is 15.4 Å². The third-order valence-electron chi connectivity index (χ3n) is 9.07. The van der Waals surface area contributed by atoms with Crippen LogP contribution in [0.1, 0.15) is 40.0 Å². The molecule has 0 saturated carbocycles. The summed E-state index contributed by atoms with van der Waals surface area (Å²) in [4.78, 5) is 6.86. The van der Waals surface area contributed by atoms with E-state index in [1.54, 1.807) is 30.3 Å². The molecule has 0 atom stereocenters. The zero-order chi connectivity index (χ0) is 47.0. The summed E-state index contributed by atoms with van der Waals surface area (Å²) in [6, 6.07) is 36.0. The van der Waals surface area contributed by atoms with E-state index in [4.69, 9.17) is 23.4 Å². The Bertz CT molecular complexity index is 3000. The smallest absolute Gasteiger partial charge is 0.137 e. The van der Waals surface area contributed by atoms with Gasteiger partial charge in [0.15, 0.2) is 0 Å². The van der Waals surface area contributed by atoms with Gasteiger partial charge >= 0.3 is 0 Å². The standard InChI is InChI=1S/C51H44N4O/c1-51(2,3)39-32-33-52-49(34-39)55(41-23-11-6-12-24-41)42-25-16-27-44(36-42)56-43-26-15-22-40(35-43)53-47-30-13-14-31-48(47)54-50-45(37-18-7-4-8-19-37)28-17-29-46(50)38-20-9-5-10-21-38/h4-36,53-54H,1-3H3/i4D,5D,7D,8D,9D,10D,18D,19D,20D,21D. The Morgan fingerprint density at radius 2 is 1.12 bits per heavy atom. The van der Waals surface area contributed by atoms with Crippen LogP contribution >= 0.6 is 0 Å². The van der Waals surface area contributed by atoms with Crippen LogP contribution in [0.4, 0.5) is 39.9 Å². The van der Waals surface area contributed by atoms with Crippen LogP contribution in [-0.4, -0.2) is 4.98 Å². The lowest BCUT2D eigenvalue weighted by atomic mass is 9.88. The first kappa shape index (κ1) is 25.8. The van der Waals surface area contributed by atoms with E-state index >= 15 is 0 Å². The Morgan fingerprint density at radius 1 is 0.554 bits per heavy atom. The van der Waals surface area contributed by atoms with Crippen molar-refractivity contribution in [2.24, 2.45) is 0 Å². The molecule has 0 aliphatic rings. The second-order valence-electron chi connectivity index (χ2n) is 14.0. The highest BCUT2D eigenvalue weighted by Gasteiger charge is 2.20. The van der Waals surface area contributed by atoms with Gasteiger partial charge in [0, 0.05) is 40.8 Å². The van der Waals surface area contributed by atoms with Crippen molar-refractivity contribution in [1.29, 1.82) is 0 Å². The third kappa shape index (κ3) is 8.18. The zero-order valence-corrected chi connectivity index (χ0v) is 31.1. The van der Waals surface area contributed by atoms with Gasteiger partial charge in [-0.05, 0) is 82.8 Å². The quantitative estimate of drug-likeness (QED) is 0.138. The van der Waals surface area contributed by atoms with Crippen molar-refractivity contribution >= 4 is 39.9 Å². The highest BCUT2D eigenvalue weighted by atomic mass is 16.5. The highest BCUT2D eigenvalue weighted by Crippen LogP contribution is 2.41. The number of ether oxygens (including phenoxy) is 1. The van der Waals surface area contributed by atoms with Crippen LogP contribution in [0.25, 0.3) is 22.3 Å². The maximum Gasteiger partial charge on any atom is 0.137 e. The number of aromatic nitrogens is 1. The molecule has 274 valence electrons. The van der Waals surface area contributed by atoms with Crippen molar-refractivity contribution < 1.29 is 18.4 Å². The molecule has 0 fully saturated rings. The molecule has 0 saturated heterocycles. The summed E-state index contributed by atoms with van der Waals surface area (Å²) in [7, 11) is 0. The lowest BCUT2D eigenvalue weighted by Crippen LogP contribution is -2.15. The van der Waals surface area contributed by atoms with Gasteiger partial charge in [0.2, 0.25) is 0 Å². The molecular weight excluding hydrogens is 685 g/mol. The highest BCUT2D eigenvalue weighted by molar-refractivity contribution is 5.94. The van der Waals surface area contributed by atoms with Gasteiger partial charge in [-0.25, -0.2) is 4.98 Å². The number of hydrogen-bond acceptors (Lipinski definition) is 5. The van der Waals surface area contributed by atoms with Gasteiger partial charge in [0.05, 0.1) is 36.5 Å². The minimum absolute atomic E-state index is 0.0869. The SMILES string of the molecule is [2H]c1c([2H])c([2H])c(-c2cccc(-c3c([2H])c([2H])c([2H])c([2H])c3[2H])c2Nc2ccccc2Nc2cccc(Oc3cccc(N(c4ccccc4)c4cc(C(C)(C)C)ccn4)c3)c2)c([2H])c1[2H]. The van der Waals surface area contributed by atoms with E-state index in [0.717, 1.165) is 22.8 Å². The molecule has 0 radical (unpaired) electrons. The van der Waals surface area contributed by atoms with Crippen LogP contribution in [0.3, 0.4) is 0 Å². The minimum Gasteiger partial charge on any atom is -0.457 e. The number of anilines is 7. The maximum absolute atomic E-state index is 8.85. The predicted molar refractivity (Wildman–Crippen MR) is 234 cm³/mol. The van der Waals surface area contributed by atoms with Crippen molar-refractivity contribution in [2.45, 2.75) is 26.2 Å². The van der Waals surface area contributed by atoms with E-state index in [-0.39, 0.29) is 33.4 Å². The number of pyridine rings is 1. The molecule has 1 aromatic heterocycles. The fraction of sp³-hybridized carbons (Fsp3) is 0.0784. The van der Waals surface area contributed by atoms with E-state index in [9.17, 15) is 0 Å². The van der Waals surface area contributed by atoms with Crippen molar-refractivity contribution in [3.8, 4) is 33.8 Å². The van der Waals surface area contributed by atoms with E-state index in [1.165, 1.54) is 0 Å².